The van der Waals surface area contributed by atoms with Crippen LogP contribution in [0.5, 0.6) is 0 Å². The van der Waals surface area contributed by atoms with E-state index in [0.717, 1.165) is 13.0 Å². The van der Waals surface area contributed by atoms with Crippen LogP contribution in [0, 0.1) is 17.1 Å². The first-order chi connectivity index (χ1) is 7.19. The molecule has 0 radical (unpaired) electrons. The van der Waals surface area contributed by atoms with Crippen LogP contribution in [-0.4, -0.2) is 6.54 Å². The Bertz CT molecular complexity index is 373. The van der Waals surface area contributed by atoms with E-state index in [1.807, 2.05) is 6.92 Å². The highest BCUT2D eigenvalue weighted by molar-refractivity contribution is 6.30. The number of hydrogen-bond donors (Lipinski definition) is 1. The molecule has 0 amide bonds. The van der Waals surface area contributed by atoms with Crippen molar-refractivity contribution in [2.75, 3.05) is 6.54 Å². The maximum Gasteiger partial charge on any atom is 0.141 e. The normalized spacial score (nSPS) is 12.1. The summed E-state index contributed by atoms with van der Waals surface area (Å²) < 4.78 is 12.9. The molecule has 0 bridgehead atoms. The van der Waals surface area contributed by atoms with Gasteiger partial charge >= 0.3 is 0 Å². The standard InChI is InChI=1S/C11H12ClFN2/c1-2-5-15-11(7-14)8-3-4-10(13)9(12)6-8/h3-4,6,11,15H,2,5H2,1H3. The van der Waals surface area contributed by atoms with Gasteiger partial charge in [-0.15, -0.1) is 0 Å². The molecule has 1 aromatic carbocycles. The van der Waals surface area contributed by atoms with E-state index in [1.54, 1.807) is 6.07 Å². The van der Waals surface area contributed by atoms with Crippen LogP contribution in [0.3, 0.4) is 0 Å². The first kappa shape index (κ1) is 12.0. The van der Waals surface area contributed by atoms with Crippen molar-refractivity contribution in [1.82, 2.24) is 5.32 Å². The van der Waals surface area contributed by atoms with Crippen LogP contribution in [0.15, 0.2) is 18.2 Å². The van der Waals surface area contributed by atoms with Crippen molar-refractivity contribution < 1.29 is 4.39 Å². The van der Waals surface area contributed by atoms with Crippen LogP contribution in [0.4, 0.5) is 4.39 Å². The quantitative estimate of drug-likeness (QED) is 0.857. The lowest BCUT2D eigenvalue weighted by Crippen LogP contribution is -2.20. The number of nitriles is 1. The van der Waals surface area contributed by atoms with Gasteiger partial charge in [0.1, 0.15) is 11.9 Å². The average Bonchev–Trinajstić information content (AvgIpc) is 2.24. The summed E-state index contributed by atoms with van der Waals surface area (Å²) in [6, 6.07) is 6.00. The minimum absolute atomic E-state index is 0.0473. The van der Waals surface area contributed by atoms with Crippen molar-refractivity contribution in [3.63, 3.8) is 0 Å². The Morgan fingerprint density at radius 2 is 2.33 bits per heavy atom. The molecule has 1 aromatic rings. The number of rotatable bonds is 4. The lowest BCUT2D eigenvalue weighted by atomic mass is 10.1. The number of benzene rings is 1. The lowest BCUT2D eigenvalue weighted by molar-refractivity contribution is 0.610. The Morgan fingerprint density at radius 1 is 1.60 bits per heavy atom. The Hall–Kier alpha value is -1.11. The number of nitrogens with zero attached hydrogens (tertiary/aromatic N) is 1. The Morgan fingerprint density at radius 3 is 2.87 bits per heavy atom. The number of nitrogens with one attached hydrogen (secondary N) is 1. The second-order valence-electron chi connectivity index (χ2n) is 3.19. The average molecular weight is 227 g/mol. The van der Waals surface area contributed by atoms with Gasteiger partial charge in [-0.05, 0) is 30.7 Å². The molecule has 1 rings (SSSR count). The molecule has 80 valence electrons. The molecule has 0 saturated heterocycles. The van der Waals surface area contributed by atoms with Crippen LogP contribution in [0.25, 0.3) is 0 Å². The van der Waals surface area contributed by atoms with Crippen molar-refractivity contribution in [2.24, 2.45) is 0 Å². The highest BCUT2D eigenvalue weighted by atomic mass is 35.5. The van der Waals surface area contributed by atoms with E-state index in [4.69, 9.17) is 16.9 Å². The molecule has 0 spiro atoms. The topological polar surface area (TPSA) is 35.8 Å². The number of halogens is 2. The van der Waals surface area contributed by atoms with E-state index in [9.17, 15) is 4.39 Å². The van der Waals surface area contributed by atoms with Gasteiger partial charge in [0.05, 0.1) is 11.1 Å². The van der Waals surface area contributed by atoms with Gasteiger partial charge in [0, 0.05) is 0 Å². The molecule has 0 aliphatic rings. The lowest BCUT2D eigenvalue weighted by Gasteiger charge is -2.11. The summed E-state index contributed by atoms with van der Waals surface area (Å²) in [7, 11) is 0. The van der Waals surface area contributed by atoms with E-state index >= 15 is 0 Å². The largest absolute Gasteiger partial charge is 0.298 e. The summed E-state index contributed by atoms with van der Waals surface area (Å²) in [6.45, 7) is 2.76. The minimum atomic E-state index is -0.465. The highest BCUT2D eigenvalue weighted by Gasteiger charge is 2.10. The van der Waals surface area contributed by atoms with Gasteiger partial charge in [-0.2, -0.15) is 5.26 Å². The molecule has 0 heterocycles. The smallest absolute Gasteiger partial charge is 0.141 e. The van der Waals surface area contributed by atoms with Gasteiger partial charge in [0.25, 0.3) is 0 Å². The fraction of sp³-hybridized carbons (Fsp3) is 0.364. The van der Waals surface area contributed by atoms with Gasteiger partial charge in [-0.3, -0.25) is 5.32 Å². The third kappa shape index (κ3) is 3.19. The summed E-state index contributed by atoms with van der Waals surface area (Å²) >= 11 is 5.64. The maximum absolute atomic E-state index is 12.9. The van der Waals surface area contributed by atoms with E-state index in [0.29, 0.717) is 5.56 Å². The van der Waals surface area contributed by atoms with Gasteiger partial charge in [-0.1, -0.05) is 24.6 Å². The predicted molar refractivity (Wildman–Crippen MR) is 58.1 cm³/mol. The monoisotopic (exact) mass is 226 g/mol. The Kier molecular flexibility index (Phi) is 4.54. The van der Waals surface area contributed by atoms with Gasteiger partial charge in [0.15, 0.2) is 0 Å². The first-order valence-electron chi connectivity index (χ1n) is 4.77. The summed E-state index contributed by atoms with van der Waals surface area (Å²) in [5, 5.41) is 12.0. The van der Waals surface area contributed by atoms with E-state index in [1.165, 1.54) is 12.1 Å². The molecule has 4 heteroatoms. The SMILES string of the molecule is CCCNC(C#N)c1ccc(F)c(Cl)c1. The predicted octanol–water partition coefficient (Wildman–Crippen LogP) is 3.04. The molecular formula is C11H12ClFN2. The van der Waals surface area contributed by atoms with E-state index in [-0.39, 0.29) is 5.02 Å². The molecule has 1 unspecified atom stereocenters. The molecule has 0 aromatic heterocycles. The van der Waals surface area contributed by atoms with Crippen LogP contribution >= 0.6 is 11.6 Å². The molecule has 2 nitrogen and oxygen atoms in total. The van der Waals surface area contributed by atoms with Crippen molar-refractivity contribution >= 4 is 11.6 Å². The van der Waals surface area contributed by atoms with Crippen molar-refractivity contribution in [2.45, 2.75) is 19.4 Å². The second kappa shape index (κ2) is 5.69. The van der Waals surface area contributed by atoms with Crippen molar-refractivity contribution in [3.8, 4) is 6.07 Å². The van der Waals surface area contributed by atoms with E-state index < -0.39 is 11.9 Å². The number of hydrogen-bond acceptors (Lipinski definition) is 2. The zero-order chi connectivity index (χ0) is 11.3. The van der Waals surface area contributed by atoms with Crippen LogP contribution < -0.4 is 5.32 Å². The molecule has 0 fully saturated rings. The summed E-state index contributed by atoms with van der Waals surface area (Å²) in [6.07, 6.45) is 0.938. The van der Waals surface area contributed by atoms with Gasteiger partial charge in [-0.25, -0.2) is 4.39 Å². The third-order valence-corrected chi connectivity index (χ3v) is 2.29. The van der Waals surface area contributed by atoms with Crippen molar-refractivity contribution in [3.05, 3.63) is 34.6 Å². The van der Waals surface area contributed by atoms with Crippen molar-refractivity contribution in [1.29, 1.82) is 5.26 Å². The molecule has 0 aliphatic heterocycles. The molecule has 1 atom stereocenters. The molecule has 1 N–H and O–H groups in total. The third-order valence-electron chi connectivity index (χ3n) is 2.00. The van der Waals surface area contributed by atoms with E-state index in [2.05, 4.69) is 11.4 Å². The second-order valence-corrected chi connectivity index (χ2v) is 3.60. The molecule has 0 saturated carbocycles. The zero-order valence-corrected chi connectivity index (χ0v) is 9.18. The highest BCUT2D eigenvalue weighted by Crippen LogP contribution is 2.20. The maximum atomic E-state index is 12.9. The molecule has 0 aliphatic carbocycles. The fourth-order valence-electron chi connectivity index (χ4n) is 1.22. The fourth-order valence-corrected chi connectivity index (χ4v) is 1.41. The summed E-state index contributed by atoms with van der Waals surface area (Å²) in [5.41, 5.74) is 0.692. The van der Waals surface area contributed by atoms with Crippen LogP contribution in [-0.2, 0) is 0 Å². The Balaban J connectivity index is 2.84. The summed E-state index contributed by atoms with van der Waals surface area (Å²) in [5.74, 6) is -0.465. The van der Waals surface area contributed by atoms with Gasteiger partial charge in [0.2, 0.25) is 0 Å². The van der Waals surface area contributed by atoms with Crippen LogP contribution in [0.2, 0.25) is 5.02 Å². The van der Waals surface area contributed by atoms with Gasteiger partial charge < -0.3 is 0 Å². The molecule has 15 heavy (non-hydrogen) atoms. The zero-order valence-electron chi connectivity index (χ0n) is 8.43. The van der Waals surface area contributed by atoms with Crippen LogP contribution in [0.1, 0.15) is 24.9 Å². The molecular weight excluding hydrogens is 215 g/mol. The summed E-state index contributed by atoms with van der Waals surface area (Å²) in [4.78, 5) is 0. The first-order valence-corrected chi connectivity index (χ1v) is 5.14. The Labute approximate surface area is 93.7 Å². The minimum Gasteiger partial charge on any atom is -0.298 e.